The largest absolute Gasteiger partial charge is 0.480 e. The Morgan fingerprint density at radius 1 is 1.16 bits per heavy atom. The minimum atomic E-state index is -0.914. The van der Waals surface area contributed by atoms with Crippen molar-refractivity contribution in [3.05, 3.63) is 35.7 Å². The lowest BCUT2D eigenvalue weighted by atomic mass is 10.1. The molecule has 0 atom stereocenters. The molecule has 0 unspecified atom stereocenters. The number of aromatic nitrogens is 2. The summed E-state index contributed by atoms with van der Waals surface area (Å²) in [5.41, 5.74) is 2.22. The number of rotatable bonds is 8. The van der Waals surface area contributed by atoms with Gasteiger partial charge in [-0.05, 0) is 52.2 Å². The number of amides is 1. The summed E-state index contributed by atoms with van der Waals surface area (Å²) in [6.07, 6.45) is 3.24. The van der Waals surface area contributed by atoms with Crippen molar-refractivity contribution in [1.29, 1.82) is 0 Å². The first-order chi connectivity index (χ1) is 14.7. The molecule has 168 valence electrons. The highest BCUT2D eigenvalue weighted by Gasteiger charge is 2.29. The summed E-state index contributed by atoms with van der Waals surface area (Å²) in [7, 11) is 1.64. The molecule has 0 radical (unpaired) electrons. The molecule has 0 saturated carbocycles. The molecule has 1 N–H and O–H groups in total. The van der Waals surface area contributed by atoms with E-state index in [4.69, 9.17) is 9.72 Å². The van der Waals surface area contributed by atoms with Crippen molar-refractivity contribution in [3.8, 4) is 11.4 Å². The van der Waals surface area contributed by atoms with Crippen LogP contribution in [0.4, 0.5) is 0 Å². The van der Waals surface area contributed by atoms with Gasteiger partial charge in [-0.25, -0.2) is 4.98 Å². The van der Waals surface area contributed by atoms with E-state index in [2.05, 4.69) is 0 Å². The van der Waals surface area contributed by atoms with Gasteiger partial charge in [-0.2, -0.15) is 0 Å². The fourth-order valence-corrected chi connectivity index (χ4v) is 4.67. The summed E-state index contributed by atoms with van der Waals surface area (Å²) in [4.78, 5) is 32.2. The van der Waals surface area contributed by atoms with Crippen molar-refractivity contribution in [3.63, 3.8) is 0 Å². The maximum Gasteiger partial charge on any atom is 0.319 e. The van der Waals surface area contributed by atoms with E-state index >= 15 is 0 Å². The quantitative estimate of drug-likeness (QED) is 0.616. The van der Waals surface area contributed by atoms with Gasteiger partial charge in [-0.3, -0.25) is 9.59 Å². The average Bonchev–Trinajstić information content (AvgIpc) is 3.08. The molecule has 0 bridgehead atoms. The van der Waals surface area contributed by atoms with Crippen LogP contribution in [0.15, 0.2) is 29.2 Å². The minimum absolute atomic E-state index is 0.0300. The maximum absolute atomic E-state index is 13.3. The van der Waals surface area contributed by atoms with Crippen LogP contribution in [0.3, 0.4) is 0 Å². The third-order valence-corrected chi connectivity index (χ3v) is 6.70. The first-order valence-electron chi connectivity index (χ1n) is 10.6. The van der Waals surface area contributed by atoms with E-state index in [9.17, 15) is 14.7 Å². The van der Waals surface area contributed by atoms with Gasteiger partial charge in [0.15, 0.2) is 0 Å². The van der Waals surface area contributed by atoms with Crippen molar-refractivity contribution in [2.24, 2.45) is 0 Å². The number of imidazole rings is 1. The van der Waals surface area contributed by atoms with E-state index in [0.717, 1.165) is 42.2 Å². The fourth-order valence-electron chi connectivity index (χ4n) is 3.72. The molecule has 1 aliphatic rings. The second-order valence-electron chi connectivity index (χ2n) is 8.31. The molecule has 1 fully saturated rings. The van der Waals surface area contributed by atoms with Gasteiger partial charge < -0.3 is 19.3 Å². The zero-order valence-electron chi connectivity index (χ0n) is 18.7. The number of thioether (sulfide) groups is 1. The molecule has 31 heavy (non-hydrogen) atoms. The first-order valence-corrected chi connectivity index (χ1v) is 11.4. The van der Waals surface area contributed by atoms with Crippen molar-refractivity contribution < 1.29 is 19.4 Å². The number of hydrogen-bond acceptors (Lipinski definition) is 5. The van der Waals surface area contributed by atoms with Gasteiger partial charge in [0.25, 0.3) is 5.91 Å². The monoisotopic (exact) mass is 445 g/mol. The Morgan fingerprint density at radius 2 is 1.81 bits per heavy atom. The zero-order chi connectivity index (χ0) is 22.6. The Hall–Kier alpha value is -2.32. The number of aliphatic carboxylic acids is 1. The second-order valence-corrected chi connectivity index (χ2v) is 10.0. The van der Waals surface area contributed by atoms with Crippen LogP contribution in [-0.4, -0.2) is 63.0 Å². The Kier molecular flexibility index (Phi) is 7.43. The highest BCUT2D eigenvalue weighted by Crippen LogP contribution is 2.34. The number of likely N-dealkylation sites (tertiary alicyclic amines) is 1. The third-order valence-electron chi connectivity index (χ3n) is 5.51. The van der Waals surface area contributed by atoms with Crippen molar-refractivity contribution >= 4 is 23.6 Å². The maximum atomic E-state index is 13.3. The van der Waals surface area contributed by atoms with Crippen LogP contribution in [-0.2, 0) is 16.1 Å². The van der Waals surface area contributed by atoms with E-state index in [1.807, 2.05) is 40.7 Å². The predicted octanol–water partition coefficient (Wildman–Crippen LogP) is 4.09. The van der Waals surface area contributed by atoms with Crippen molar-refractivity contribution in [2.45, 2.75) is 56.2 Å². The highest BCUT2D eigenvalue weighted by atomic mass is 32.2. The molecule has 2 aromatic rings. The van der Waals surface area contributed by atoms with Gasteiger partial charge >= 0.3 is 5.97 Å². The minimum Gasteiger partial charge on any atom is -0.480 e. The normalized spacial score (nSPS) is 14.6. The number of piperidine rings is 1. The van der Waals surface area contributed by atoms with Crippen LogP contribution in [0, 0.1) is 6.92 Å². The molecule has 3 rings (SSSR count). The van der Waals surface area contributed by atoms with Crippen LogP contribution >= 0.6 is 11.8 Å². The standard InChI is InChI=1S/C23H31N3O4S/c1-16-19(21(27)25-12-6-5-7-13-25)26(14-15-30-4)20(24-16)17-8-10-18(11-9-17)31-23(2,3)22(28)29/h8-11H,5-7,12-15H2,1-4H3,(H,28,29). The van der Waals surface area contributed by atoms with Gasteiger partial charge in [0, 0.05) is 37.2 Å². The average molecular weight is 446 g/mol. The highest BCUT2D eigenvalue weighted by molar-refractivity contribution is 8.01. The van der Waals surface area contributed by atoms with Crippen LogP contribution in [0.5, 0.6) is 0 Å². The molecule has 2 heterocycles. The Morgan fingerprint density at radius 3 is 2.39 bits per heavy atom. The summed E-state index contributed by atoms with van der Waals surface area (Å²) in [5.74, 6) is -0.0976. The van der Waals surface area contributed by atoms with Crippen LogP contribution in [0.2, 0.25) is 0 Å². The smallest absolute Gasteiger partial charge is 0.319 e. The van der Waals surface area contributed by atoms with Gasteiger partial charge in [0.05, 0.1) is 12.3 Å². The molecular formula is C23H31N3O4S. The Bertz CT molecular complexity index is 931. The summed E-state index contributed by atoms with van der Waals surface area (Å²) in [6, 6.07) is 7.67. The molecule has 1 aliphatic heterocycles. The summed E-state index contributed by atoms with van der Waals surface area (Å²) < 4.78 is 6.33. The number of nitrogens with zero attached hydrogens (tertiary/aromatic N) is 3. The van der Waals surface area contributed by atoms with Crippen LogP contribution in [0.1, 0.15) is 49.3 Å². The van der Waals surface area contributed by atoms with E-state index in [-0.39, 0.29) is 5.91 Å². The number of aryl methyl sites for hydroxylation is 1. The lowest BCUT2D eigenvalue weighted by molar-refractivity contribution is -0.138. The fraction of sp³-hybridized carbons (Fsp3) is 0.522. The summed E-state index contributed by atoms with van der Waals surface area (Å²) in [6.45, 7) is 7.83. The predicted molar refractivity (Wildman–Crippen MR) is 122 cm³/mol. The van der Waals surface area contributed by atoms with E-state index < -0.39 is 10.7 Å². The Labute approximate surface area is 187 Å². The van der Waals surface area contributed by atoms with Gasteiger partial charge in [0.1, 0.15) is 16.3 Å². The number of benzene rings is 1. The number of carbonyl (C=O) groups excluding carboxylic acids is 1. The van der Waals surface area contributed by atoms with E-state index in [1.54, 1.807) is 21.0 Å². The third kappa shape index (κ3) is 5.30. The lowest BCUT2D eigenvalue weighted by Gasteiger charge is -2.27. The van der Waals surface area contributed by atoms with E-state index in [0.29, 0.717) is 24.5 Å². The Balaban J connectivity index is 1.93. The SMILES string of the molecule is COCCn1c(-c2ccc(SC(C)(C)C(=O)O)cc2)nc(C)c1C(=O)N1CCCCC1. The number of hydrogen-bond donors (Lipinski definition) is 1. The number of carbonyl (C=O) groups is 2. The van der Waals surface area contributed by atoms with E-state index in [1.165, 1.54) is 18.2 Å². The molecule has 0 aliphatic carbocycles. The van der Waals surface area contributed by atoms with Crippen LogP contribution in [0.25, 0.3) is 11.4 Å². The second kappa shape index (κ2) is 9.87. The first kappa shape index (κ1) is 23.3. The van der Waals surface area contributed by atoms with Crippen LogP contribution < -0.4 is 0 Å². The number of carboxylic acids is 1. The van der Waals surface area contributed by atoms with Crippen molar-refractivity contribution in [1.82, 2.24) is 14.5 Å². The molecule has 8 heteroatoms. The summed E-state index contributed by atoms with van der Waals surface area (Å²) in [5, 5.41) is 9.36. The van der Waals surface area contributed by atoms with Gasteiger partial charge in [-0.15, -0.1) is 11.8 Å². The summed E-state index contributed by atoms with van der Waals surface area (Å²) >= 11 is 1.30. The molecular weight excluding hydrogens is 414 g/mol. The number of carboxylic acid groups (broad SMARTS) is 1. The zero-order valence-corrected chi connectivity index (χ0v) is 19.5. The molecule has 7 nitrogen and oxygen atoms in total. The topological polar surface area (TPSA) is 84.7 Å². The molecule has 1 saturated heterocycles. The number of ether oxygens (including phenoxy) is 1. The van der Waals surface area contributed by atoms with Gasteiger partial charge in [-0.1, -0.05) is 12.1 Å². The van der Waals surface area contributed by atoms with Crippen molar-refractivity contribution in [2.75, 3.05) is 26.8 Å². The molecule has 1 amide bonds. The molecule has 1 aromatic heterocycles. The lowest BCUT2D eigenvalue weighted by Crippen LogP contribution is -2.37. The molecule has 1 aromatic carbocycles. The number of methoxy groups -OCH3 is 1. The molecule has 0 spiro atoms. The van der Waals surface area contributed by atoms with Gasteiger partial charge in [0.2, 0.25) is 0 Å².